The van der Waals surface area contributed by atoms with Gasteiger partial charge in [-0.25, -0.2) is 4.99 Å². The van der Waals surface area contributed by atoms with Gasteiger partial charge in [0.15, 0.2) is 12.1 Å². The van der Waals surface area contributed by atoms with Crippen molar-refractivity contribution >= 4 is 16.7 Å². The van der Waals surface area contributed by atoms with Crippen molar-refractivity contribution in [3.63, 3.8) is 0 Å². The largest absolute Gasteiger partial charge is 0.481 e. The molecule has 2 aromatic carbocycles. The zero-order valence-electron chi connectivity index (χ0n) is 11.6. The number of hydrogen-bond donors (Lipinski definition) is 0. The van der Waals surface area contributed by atoms with Crippen molar-refractivity contribution in [3.05, 3.63) is 48.0 Å². The first-order chi connectivity index (χ1) is 9.24. The highest BCUT2D eigenvalue weighted by Crippen LogP contribution is 2.23. The summed E-state index contributed by atoms with van der Waals surface area (Å²) in [4.78, 5) is 4.43. The Morgan fingerprint density at radius 2 is 1.89 bits per heavy atom. The summed E-state index contributed by atoms with van der Waals surface area (Å²) in [5.74, 6) is 0.641. The summed E-state index contributed by atoms with van der Waals surface area (Å²) in [6.07, 6.45) is -0.323. The number of hydrogen-bond acceptors (Lipinski definition) is 3. The summed E-state index contributed by atoms with van der Waals surface area (Å²) < 4.78 is 10.8. The molecule has 1 unspecified atom stereocenters. The predicted molar refractivity (Wildman–Crippen MR) is 78.4 cm³/mol. The molecule has 3 nitrogen and oxygen atoms in total. The molecule has 0 fully saturated rings. The van der Waals surface area contributed by atoms with Crippen molar-refractivity contribution in [1.29, 1.82) is 0 Å². The molecular weight excluding hydrogens is 238 g/mol. The van der Waals surface area contributed by atoms with Crippen molar-refractivity contribution in [3.8, 4) is 0 Å². The zero-order valence-corrected chi connectivity index (χ0v) is 11.6. The molecule has 0 aliphatic rings. The van der Waals surface area contributed by atoms with Crippen LogP contribution in [0.15, 0.2) is 47.5 Å². The average Bonchev–Trinajstić information content (AvgIpc) is 2.44. The monoisotopic (exact) mass is 257 g/mol. The SMILES string of the molecule is CCO/C(C)=N\C(OC)c1ccc2ccccc2c1. The fraction of sp³-hybridized carbons (Fsp3) is 0.312. The highest BCUT2D eigenvalue weighted by molar-refractivity contribution is 5.83. The van der Waals surface area contributed by atoms with E-state index in [-0.39, 0.29) is 6.23 Å². The molecule has 0 amide bonds. The standard InChI is InChI=1S/C16H19NO2/c1-4-19-12(2)17-16(18-3)15-10-9-13-7-5-6-8-14(13)11-15/h5-11,16H,4H2,1-3H3/b17-12-. The number of benzene rings is 2. The molecule has 19 heavy (non-hydrogen) atoms. The maximum absolute atomic E-state index is 5.43. The Kier molecular flexibility index (Phi) is 4.53. The van der Waals surface area contributed by atoms with Gasteiger partial charge in [-0.3, -0.25) is 0 Å². The smallest absolute Gasteiger partial charge is 0.182 e. The summed E-state index contributed by atoms with van der Waals surface area (Å²) in [5.41, 5.74) is 1.03. The van der Waals surface area contributed by atoms with Crippen LogP contribution in [0.5, 0.6) is 0 Å². The predicted octanol–water partition coefficient (Wildman–Crippen LogP) is 3.94. The van der Waals surface area contributed by atoms with Crippen LogP contribution < -0.4 is 0 Å². The second-order valence-corrected chi connectivity index (χ2v) is 4.28. The van der Waals surface area contributed by atoms with Gasteiger partial charge >= 0.3 is 0 Å². The van der Waals surface area contributed by atoms with E-state index in [2.05, 4.69) is 29.3 Å². The van der Waals surface area contributed by atoms with Gasteiger partial charge in [0.1, 0.15) is 0 Å². The van der Waals surface area contributed by atoms with E-state index in [0.29, 0.717) is 12.5 Å². The topological polar surface area (TPSA) is 30.8 Å². The Morgan fingerprint density at radius 3 is 2.58 bits per heavy atom. The third kappa shape index (κ3) is 3.32. The summed E-state index contributed by atoms with van der Waals surface area (Å²) >= 11 is 0. The van der Waals surface area contributed by atoms with Crippen molar-refractivity contribution in [2.75, 3.05) is 13.7 Å². The fourth-order valence-electron chi connectivity index (χ4n) is 2.04. The van der Waals surface area contributed by atoms with E-state index < -0.39 is 0 Å². The first-order valence-corrected chi connectivity index (χ1v) is 6.43. The van der Waals surface area contributed by atoms with Crippen LogP contribution in [0.2, 0.25) is 0 Å². The molecule has 0 aliphatic carbocycles. The Bertz CT molecular complexity index is 578. The van der Waals surface area contributed by atoms with Crippen LogP contribution in [0.3, 0.4) is 0 Å². The van der Waals surface area contributed by atoms with Crippen molar-refractivity contribution in [2.24, 2.45) is 4.99 Å². The first-order valence-electron chi connectivity index (χ1n) is 6.43. The van der Waals surface area contributed by atoms with Crippen molar-refractivity contribution < 1.29 is 9.47 Å². The van der Waals surface area contributed by atoms with E-state index in [1.807, 2.05) is 32.0 Å². The van der Waals surface area contributed by atoms with Crippen LogP contribution >= 0.6 is 0 Å². The molecule has 0 bridgehead atoms. The molecule has 3 heteroatoms. The molecule has 0 radical (unpaired) electrons. The Labute approximate surface area is 113 Å². The highest BCUT2D eigenvalue weighted by Gasteiger charge is 2.10. The normalized spacial score (nSPS) is 13.5. The molecule has 0 saturated carbocycles. The maximum atomic E-state index is 5.43. The van der Waals surface area contributed by atoms with E-state index in [0.717, 1.165) is 5.56 Å². The number of methoxy groups -OCH3 is 1. The lowest BCUT2D eigenvalue weighted by Crippen LogP contribution is -2.05. The second kappa shape index (κ2) is 6.34. The van der Waals surface area contributed by atoms with Crippen molar-refractivity contribution in [1.82, 2.24) is 0 Å². The molecule has 1 atom stereocenters. The van der Waals surface area contributed by atoms with Gasteiger partial charge in [-0.2, -0.15) is 0 Å². The van der Waals surface area contributed by atoms with Gasteiger partial charge in [0, 0.05) is 19.6 Å². The average molecular weight is 257 g/mol. The second-order valence-electron chi connectivity index (χ2n) is 4.28. The molecule has 0 saturated heterocycles. The molecular formula is C16H19NO2. The number of aliphatic imine (C=N–C) groups is 1. The molecule has 100 valence electrons. The Morgan fingerprint density at radius 1 is 1.16 bits per heavy atom. The van der Waals surface area contributed by atoms with Crippen LogP contribution in [0.1, 0.15) is 25.6 Å². The summed E-state index contributed by atoms with van der Waals surface area (Å²) in [6.45, 7) is 4.40. The lowest BCUT2D eigenvalue weighted by atomic mass is 10.1. The number of nitrogens with zero attached hydrogens (tertiary/aromatic N) is 1. The highest BCUT2D eigenvalue weighted by atomic mass is 16.5. The van der Waals surface area contributed by atoms with Crippen LogP contribution in [0.4, 0.5) is 0 Å². The van der Waals surface area contributed by atoms with Gasteiger partial charge in [0.25, 0.3) is 0 Å². The molecule has 0 heterocycles. The van der Waals surface area contributed by atoms with E-state index in [9.17, 15) is 0 Å². The Balaban J connectivity index is 2.32. The lowest BCUT2D eigenvalue weighted by molar-refractivity contribution is 0.108. The van der Waals surface area contributed by atoms with Crippen LogP contribution in [0, 0.1) is 0 Å². The molecule has 0 N–H and O–H groups in total. The van der Waals surface area contributed by atoms with Gasteiger partial charge in [0.05, 0.1) is 6.61 Å². The van der Waals surface area contributed by atoms with E-state index in [1.165, 1.54) is 10.8 Å². The van der Waals surface area contributed by atoms with Crippen molar-refractivity contribution in [2.45, 2.75) is 20.1 Å². The van der Waals surface area contributed by atoms with Gasteiger partial charge in [0.2, 0.25) is 0 Å². The third-order valence-corrected chi connectivity index (χ3v) is 2.93. The van der Waals surface area contributed by atoms with Gasteiger partial charge in [-0.15, -0.1) is 0 Å². The fourth-order valence-corrected chi connectivity index (χ4v) is 2.04. The van der Waals surface area contributed by atoms with Crippen LogP contribution in [-0.2, 0) is 9.47 Å². The van der Waals surface area contributed by atoms with Crippen LogP contribution in [0.25, 0.3) is 10.8 Å². The molecule has 0 aromatic heterocycles. The summed E-state index contributed by atoms with van der Waals surface area (Å²) in [7, 11) is 1.66. The minimum absolute atomic E-state index is 0.323. The molecule has 2 rings (SSSR count). The molecule has 2 aromatic rings. The number of rotatable bonds is 4. The summed E-state index contributed by atoms with van der Waals surface area (Å²) in [5, 5.41) is 2.40. The van der Waals surface area contributed by atoms with E-state index in [4.69, 9.17) is 9.47 Å². The minimum Gasteiger partial charge on any atom is -0.481 e. The molecule has 0 spiro atoms. The van der Waals surface area contributed by atoms with Crippen LogP contribution in [-0.4, -0.2) is 19.6 Å². The maximum Gasteiger partial charge on any atom is 0.182 e. The van der Waals surface area contributed by atoms with E-state index >= 15 is 0 Å². The minimum atomic E-state index is -0.323. The molecule has 0 aliphatic heterocycles. The summed E-state index contributed by atoms with van der Waals surface area (Å²) in [6, 6.07) is 14.5. The first kappa shape index (κ1) is 13.6. The quantitative estimate of drug-likeness (QED) is 0.613. The lowest BCUT2D eigenvalue weighted by Gasteiger charge is -2.13. The van der Waals surface area contributed by atoms with E-state index in [1.54, 1.807) is 7.11 Å². The van der Waals surface area contributed by atoms with Gasteiger partial charge in [-0.05, 0) is 23.8 Å². The van der Waals surface area contributed by atoms with Gasteiger partial charge in [-0.1, -0.05) is 36.4 Å². The Hall–Kier alpha value is -1.87. The number of fused-ring (bicyclic) bond motifs is 1. The number of ether oxygens (including phenoxy) is 2. The van der Waals surface area contributed by atoms with Gasteiger partial charge < -0.3 is 9.47 Å². The zero-order chi connectivity index (χ0) is 13.7. The third-order valence-electron chi connectivity index (χ3n) is 2.93.